The third-order valence-corrected chi connectivity index (χ3v) is 6.14. The van der Waals surface area contributed by atoms with Crippen molar-refractivity contribution in [3.63, 3.8) is 0 Å². The molecule has 0 aliphatic carbocycles. The van der Waals surface area contributed by atoms with Crippen LogP contribution in [0.15, 0.2) is 47.0 Å². The van der Waals surface area contributed by atoms with Crippen LogP contribution in [0.1, 0.15) is 40.6 Å². The number of benzene rings is 2. The molecule has 1 saturated heterocycles. The zero-order valence-corrected chi connectivity index (χ0v) is 18.8. The molecule has 1 aromatic heterocycles. The number of halogens is 2. The minimum absolute atomic E-state index is 0.00743. The fourth-order valence-corrected chi connectivity index (χ4v) is 4.40. The number of nitrogens with one attached hydrogen (secondary N) is 1. The average Bonchev–Trinajstić information content (AvgIpc) is 3.44. The molecule has 6 nitrogen and oxygen atoms in total. The maximum absolute atomic E-state index is 14.5. The minimum atomic E-state index is -0.562. The maximum Gasteiger partial charge on any atom is 0.257 e. The molecule has 0 saturated carbocycles. The van der Waals surface area contributed by atoms with E-state index in [9.17, 15) is 9.18 Å². The number of hydrogen-bond donors (Lipinski definition) is 1. The van der Waals surface area contributed by atoms with Crippen molar-refractivity contribution in [2.75, 3.05) is 26.7 Å². The number of rotatable bonds is 7. The third-order valence-electron chi connectivity index (χ3n) is 5.83. The van der Waals surface area contributed by atoms with Gasteiger partial charge in [-0.1, -0.05) is 35.0 Å². The van der Waals surface area contributed by atoms with Gasteiger partial charge < -0.3 is 14.6 Å². The van der Waals surface area contributed by atoms with Crippen LogP contribution in [0.5, 0.6) is 5.75 Å². The van der Waals surface area contributed by atoms with Crippen LogP contribution in [-0.2, 0) is 0 Å². The summed E-state index contributed by atoms with van der Waals surface area (Å²) in [5.41, 5.74) is 1.44. The molecule has 0 radical (unpaired) electrons. The summed E-state index contributed by atoms with van der Waals surface area (Å²) in [6.45, 7) is 3.95. The van der Waals surface area contributed by atoms with Gasteiger partial charge in [0.05, 0.1) is 23.7 Å². The number of ether oxygens (including phenoxy) is 1. The quantitative estimate of drug-likeness (QED) is 0.539. The third kappa shape index (κ3) is 4.49. The first-order valence-electron chi connectivity index (χ1n) is 10.6. The van der Waals surface area contributed by atoms with Crippen molar-refractivity contribution in [1.82, 2.24) is 15.4 Å². The van der Waals surface area contributed by atoms with Gasteiger partial charge in [-0.2, -0.15) is 0 Å². The normalized spacial score (nSPS) is 15.0. The van der Waals surface area contributed by atoms with Crippen molar-refractivity contribution < 1.29 is 18.4 Å². The lowest BCUT2D eigenvalue weighted by molar-refractivity contribution is 0.0937. The molecule has 0 spiro atoms. The van der Waals surface area contributed by atoms with Crippen LogP contribution in [0.4, 0.5) is 4.39 Å². The molecule has 3 aromatic rings. The number of carbonyl (C=O) groups excluding carboxylic acids is 1. The number of amides is 1. The van der Waals surface area contributed by atoms with Gasteiger partial charge in [0, 0.05) is 6.54 Å². The summed E-state index contributed by atoms with van der Waals surface area (Å²) in [5.74, 6) is 0.146. The van der Waals surface area contributed by atoms with Gasteiger partial charge in [0.15, 0.2) is 0 Å². The largest absolute Gasteiger partial charge is 0.497 e. The first kappa shape index (κ1) is 22.3. The van der Waals surface area contributed by atoms with Crippen LogP contribution in [0.2, 0.25) is 5.02 Å². The van der Waals surface area contributed by atoms with Gasteiger partial charge in [0.1, 0.15) is 28.6 Å². The minimum Gasteiger partial charge on any atom is -0.497 e. The molecule has 168 valence electrons. The molecule has 1 fully saturated rings. The Kier molecular flexibility index (Phi) is 6.77. The fraction of sp³-hybridized carbons (Fsp3) is 0.333. The van der Waals surface area contributed by atoms with Crippen molar-refractivity contribution in [2.45, 2.75) is 25.8 Å². The smallest absolute Gasteiger partial charge is 0.257 e. The second-order valence-corrected chi connectivity index (χ2v) is 8.21. The summed E-state index contributed by atoms with van der Waals surface area (Å²) in [5, 5.41) is 7.09. The molecule has 8 heteroatoms. The molecule has 1 aliphatic rings. The van der Waals surface area contributed by atoms with Gasteiger partial charge in [-0.25, -0.2) is 4.39 Å². The Bertz CT molecular complexity index is 1070. The van der Waals surface area contributed by atoms with E-state index in [0.717, 1.165) is 37.2 Å². The van der Waals surface area contributed by atoms with Crippen LogP contribution >= 0.6 is 11.6 Å². The summed E-state index contributed by atoms with van der Waals surface area (Å²) in [6, 6.07) is 12.2. The van der Waals surface area contributed by atoms with Gasteiger partial charge in [-0.15, -0.1) is 0 Å². The Hall–Kier alpha value is -2.90. The number of methoxy groups -OCH3 is 1. The SMILES string of the molecule is COc1ccc(C(CNC(=O)c2c(-c3c(F)cccc3Cl)noc2C)N2CCCC2)cc1. The number of nitrogens with zero attached hydrogens (tertiary/aromatic N) is 2. The predicted molar refractivity (Wildman–Crippen MR) is 121 cm³/mol. The summed E-state index contributed by atoms with van der Waals surface area (Å²) in [6.07, 6.45) is 2.25. The molecule has 1 aliphatic heterocycles. The van der Waals surface area contributed by atoms with Crippen molar-refractivity contribution >= 4 is 17.5 Å². The second kappa shape index (κ2) is 9.71. The van der Waals surface area contributed by atoms with E-state index in [1.807, 2.05) is 24.3 Å². The van der Waals surface area contributed by atoms with E-state index >= 15 is 0 Å². The van der Waals surface area contributed by atoms with E-state index in [1.54, 1.807) is 20.1 Å². The average molecular weight is 458 g/mol. The molecule has 4 rings (SSSR count). The molecule has 0 bridgehead atoms. The van der Waals surface area contributed by atoms with E-state index in [4.69, 9.17) is 20.9 Å². The van der Waals surface area contributed by atoms with Gasteiger partial charge in [-0.05, 0) is 62.7 Å². The molecular weight excluding hydrogens is 433 g/mol. The molecule has 2 heterocycles. The summed E-state index contributed by atoms with van der Waals surface area (Å²) >= 11 is 6.20. The molecular formula is C24H25ClFN3O3. The fourth-order valence-electron chi connectivity index (χ4n) is 4.15. The number of hydrogen-bond acceptors (Lipinski definition) is 5. The van der Waals surface area contributed by atoms with Crippen molar-refractivity contribution in [3.05, 3.63) is 70.2 Å². The highest BCUT2D eigenvalue weighted by Crippen LogP contribution is 2.33. The van der Waals surface area contributed by atoms with Gasteiger partial charge in [0.25, 0.3) is 5.91 Å². The monoisotopic (exact) mass is 457 g/mol. The molecule has 32 heavy (non-hydrogen) atoms. The van der Waals surface area contributed by atoms with Gasteiger partial charge in [0.2, 0.25) is 0 Å². The summed E-state index contributed by atoms with van der Waals surface area (Å²) < 4.78 is 25.0. The first-order chi connectivity index (χ1) is 15.5. The number of aryl methyl sites for hydroxylation is 1. The van der Waals surface area contributed by atoms with E-state index in [1.165, 1.54) is 12.1 Å². The van der Waals surface area contributed by atoms with Crippen LogP contribution in [0, 0.1) is 12.7 Å². The van der Waals surface area contributed by atoms with Crippen molar-refractivity contribution in [2.24, 2.45) is 0 Å². The second-order valence-electron chi connectivity index (χ2n) is 7.80. The zero-order valence-electron chi connectivity index (χ0n) is 18.0. The van der Waals surface area contributed by atoms with Crippen molar-refractivity contribution in [3.8, 4) is 17.0 Å². The Morgan fingerprint density at radius 3 is 2.62 bits per heavy atom. The van der Waals surface area contributed by atoms with E-state index in [0.29, 0.717) is 12.3 Å². The first-order valence-corrected chi connectivity index (χ1v) is 10.9. The standard InChI is InChI=1S/C24H25ClFN3O3/c1-15-21(23(28-32-15)22-18(25)6-5-7-19(22)26)24(30)27-14-20(29-12-3-4-13-29)16-8-10-17(31-2)11-9-16/h5-11,20H,3-4,12-14H2,1-2H3,(H,27,30). The van der Waals surface area contributed by atoms with Gasteiger partial charge in [-0.3, -0.25) is 9.69 Å². The van der Waals surface area contributed by atoms with E-state index in [2.05, 4.69) is 15.4 Å². The maximum atomic E-state index is 14.5. The molecule has 1 atom stereocenters. The Morgan fingerprint density at radius 2 is 1.97 bits per heavy atom. The van der Waals surface area contributed by atoms with Crippen LogP contribution < -0.4 is 10.1 Å². The Morgan fingerprint density at radius 1 is 1.25 bits per heavy atom. The molecule has 1 amide bonds. The highest BCUT2D eigenvalue weighted by atomic mass is 35.5. The van der Waals surface area contributed by atoms with Crippen LogP contribution in [0.25, 0.3) is 11.3 Å². The number of carbonyl (C=O) groups is 1. The lowest BCUT2D eigenvalue weighted by Crippen LogP contribution is -2.37. The summed E-state index contributed by atoms with van der Waals surface area (Å²) in [7, 11) is 1.63. The van der Waals surface area contributed by atoms with E-state index in [-0.39, 0.29) is 33.8 Å². The lowest BCUT2D eigenvalue weighted by atomic mass is 10.0. The number of likely N-dealkylation sites (tertiary alicyclic amines) is 1. The van der Waals surface area contributed by atoms with E-state index < -0.39 is 5.82 Å². The number of aromatic nitrogens is 1. The van der Waals surface area contributed by atoms with Crippen LogP contribution in [-0.4, -0.2) is 42.7 Å². The highest BCUT2D eigenvalue weighted by molar-refractivity contribution is 6.33. The topological polar surface area (TPSA) is 67.6 Å². The predicted octanol–water partition coefficient (Wildman–Crippen LogP) is 5.02. The summed E-state index contributed by atoms with van der Waals surface area (Å²) in [4.78, 5) is 15.5. The van der Waals surface area contributed by atoms with Gasteiger partial charge >= 0.3 is 0 Å². The Labute approximate surface area is 191 Å². The Balaban J connectivity index is 1.58. The lowest BCUT2D eigenvalue weighted by Gasteiger charge is -2.28. The highest BCUT2D eigenvalue weighted by Gasteiger charge is 2.28. The molecule has 1 N–H and O–H groups in total. The van der Waals surface area contributed by atoms with Crippen LogP contribution in [0.3, 0.4) is 0 Å². The zero-order chi connectivity index (χ0) is 22.7. The molecule has 2 aromatic carbocycles. The molecule has 1 unspecified atom stereocenters. The van der Waals surface area contributed by atoms with Crippen molar-refractivity contribution in [1.29, 1.82) is 0 Å².